The van der Waals surface area contributed by atoms with Crippen LogP contribution in [0.25, 0.3) is 0 Å². The van der Waals surface area contributed by atoms with Crippen molar-refractivity contribution in [1.29, 1.82) is 0 Å². The molecule has 0 aliphatic carbocycles. The van der Waals surface area contributed by atoms with E-state index in [1.807, 2.05) is 19.9 Å². The number of hydrogen-bond acceptors (Lipinski definition) is 6. The molecule has 27 heavy (non-hydrogen) atoms. The van der Waals surface area contributed by atoms with E-state index < -0.39 is 29.6 Å². The third-order valence-electron chi connectivity index (χ3n) is 3.80. The molecule has 0 fully saturated rings. The zero-order valence-electron chi connectivity index (χ0n) is 15.2. The third kappa shape index (κ3) is 4.65. The molecule has 2 N–H and O–H groups in total. The number of rotatable bonds is 6. The molecule has 0 bridgehead atoms. The number of benzene rings is 1. The fourth-order valence-corrected chi connectivity index (χ4v) is 3.03. The van der Waals surface area contributed by atoms with Crippen molar-refractivity contribution in [2.45, 2.75) is 20.4 Å². The molecule has 0 saturated heterocycles. The molecule has 1 aromatic heterocycles. The first-order valence-electron chi connectivity index (χ1n) is 8.18. The molecule has 2 aromatic rings. The van der Waals surface area contributed by atoms with E-state index in [1.165, 1.54) is 11.6 Å². The van der Waals surface area contributed by atoms with Gasteiger partial charge in [-0.05, 0) is 46.7 Å². The molecule has 0 unspecified atom stereocenters. The van der Waals surface area contributed by atoms with Gasteiger partial charge in [0, 0.05) is 17.2 Å². The van der Waals surface area contributed by atoms with E-state index in [4.69, 9.17) is 10.5 Å². The fraction of sp³-hybridized carbons (Fsp3) is 0.333. The number of nitrogen functional groups attached to an aromatic ring is 1. The maximum Gasteiger partial charge on any atom is 0.338 e. The van der Waals surface area contributed by atoms with Gasteiger partial charge in [-0.1, -0.05) is 19.9 Å². The van der Waals surface area contributed by atoms with Crippen molar-refractivity contribution >= 4 is 40.2 Å². The van der Waals surface area contributed by atoms with Crippen LogP contribution in [0.4, 0.5) is 5.82 Å². The highest BCUT2D eigenvalue weighted by Gasteiger charge is 2.23. The van der Waals surface area contributed by atoms with Crippen LogP contribution in [0.2, 0.25) is 0 Å². The Hall–Kier alpha value is -2.43. The molecule has 144 valence electrons. The minimum absolute atomic E-state index is 0.0730. The third-order valence-corrected chi connectivity index (χ3v) is 4.48. The number of ketones is 1. The maximum atomic E-state index is 12.5. The van der Waals surface area contributed by atoms with E-state index in [9.17, 15) is 19.2 Å². The summed E-state index contributed by atoms with van der Waals surface area (Å²) in [5.74, 6) is -1.59. The second kappa shape index (κ2) is 8.51. The molecule has 0 aliphatic heterocycles. The lowest BCUT2D eigenvalue weighted by molar-refractivity contribution is 0.0474. The number of carbonyl (C=O) groups excluding carboxylic acids is 2. The number of ether oxygens (including phenoxy) is 1. The van der Waals surface area contributed by atoms with E-state index in [1.54, 1.807) is 18.2 Å². The Kier molecular flexibility index (Phi) is 6.58. The SMILES string of the molecule is CC(C)Cn1c(N)c(C(=O)COC(=O)c2cccc(I)c2)c(=O)n(C)c1=O. The Balaban J connectivity index is 2.31. The topological polar surface area (TPSA) is 113 Å². The van der Waals surface area contributed by atoms with Gasteiger partial charge in [0.15, 0.2) is 6.61 Å². The van der Waals surface area contributed by atoms with Gasteiger partial charge in [0.05, 0.1) is 5.56 Å². The van der Waals surface area contributed by atoms with E-state index in [-0.39, 0.29) is 23.8 Å². The molecule has 0 amide bonds. The highest BCUT2D eigenvalue weighted by atomic mass is 127. The Morgan fingerprint density at radius 3 is 2.52 bits per heavy atom. The molecule has 0 radical (unpaired) electrons. The second-order valence-electron chi connectivity index (χ2n) is 6.42. The number of carbonyl (C=O) groups is 2. The molecule has 0 atom stereocenters. The zero-order chi connectivity index (χ0) is 20.3. The summed E-state index contributed by atoms with van der Waals surface area (Å²) in [5.41, 5.74) is 4.46. The maximum absolute atomic E-state index is 12.5. The molecule has 0 spiro atoms. The van der Waals surface area contributed by atoms with Crippen molar-refractivity contribution in [3.8, 4) is 0 Å². The van der Waals surface area contributed by atoms with Gasteiger partial charge in [0.1, 0.15) is 11.4 Å². The first-order chi connectivity index (χ1) is 12.6. The van der Waals surface area contributed by atoms with E-state index in [0.717, 1.165) is 8.14 Å². The highest BCUT2D eigenvalue weighted by Crippen LogP contribution is 2.11. The van der Waals surface area contributed by atoms with Crippen LogP contribution < -0.4 is 17.0 Å². The summed E-state index contributed by atoms with van der Waals surface area (Å²) in [6, 6.07) is 6.68. The lowest BCUT2D eigenvalue weighted by Crippen LogP contribution is -2.43. The lowest BCUT2D eigenvalue weighted by atomic mass is 10.1. The van der Waals surface area contributed by atoms with Crippen LogP contribution in [0.5, 0.6) is 0 Å². The first kappa shape index (κ1) is 20.9. The monoisotopic (exact) mass is 485 g/mol. The number of nitrogens with two attached hydrogens (primary N) is 1. The number of aromatic nitrogens is 2. The summed E-state index contributed by atoms with van der Waals surface area (Å²) in [7, 11) is 1.27. The molecule has 1 aromatic carbocycles. The van der Waals surface area contributed by atoms with Crippen molar-refractivity contribution < 1.29 is 14.3 Å². The Labute approximate surface area is 169 Å². The number of anilines is 1. The Morgan fingerprint density at radius 2 is 1.93 bits per heavy atom. The average molecular weight is 485 g/mol. The predicted octanol–water partition coefficient (Wildman–Crippen LogP) is 1.43. The normalized spacial score (nSPS) is 10.9. The van der Waals surface area contributed by atoms with E-state index in [0.29, 0.717) is 5.56 Å². The van der Waals surface area contributed by atoms with Crippen LogP contribution >= 0.6 is 22.6 Å². The Morgan fingerprint density at radius 1 is 1.26 bits per heavy atom. The number of esters is 1. The van der Waals surface area contributed by atoms with Gasteiger partial charge in [0.2, 0.25) is 5.78 Å². The van der Waals surface area contributed by atoms with Gasteiger partial charge in [-0.25, -0.2) is 9.59 Å². The molecular formula is C18H20IN3O5. The molecule has 0 saturated carbocycles. The summed E-state index contributed by atoms with van der Waals surface area (Å²) < 4.78 is 7.87. The molecule has 9 heteroatoms. The quantitative estimate of drug-likeness (QED) is 0.377. The predicted molar refractivity (Wildman–Crippen MR) is 109 cm³/mol. The molecule has 8 nitrogen and oxygen atoms in total. The van der Waals surface area contributed by atoms with Crippen LogP contribution in [-0.4, -0.2) is 27.5 Å². The minimum atomic E-state index is -0.812. The van der Waals surface area contributed by atoms with Crippen LogP contribution in [0, 0.1) is 9.49 Å². The summed E-state index contributed by atoms with van der Waals surface area (Å²) >= 11 is 2.05. The first-order valence-corrected chi connectivity index (χ1v) is 9.26. The van der Waals surface area contributed by atoms with Gasteiger partial charge in [-0.15, -0.1) is 0 Å². The minimum Gasteiger partial charge on any atom is -0.454 e. The number of Topliss-reactive ketones (excluding diaryl/α,β-unsaturated/α-hetero) is 1. The molecule has 1 heterocycles. The van der Waals surface area contributed by atoms with Crippen molar-refractivity contribution in [3.05, 3.63) is 59.8 Å². The average Bonchev–Trinajstić information content (AvgIpc) is 2.61. The van der Waals surface area contributed by atoms with E-state index >= 15 is 0 Å². The Bertz CT molecular complexity index is 1010. The van der Waals surface area contributed by atoms with Crippen molar-refractivity contribution in [2.75, 3.05) is 12.3 Å². The van der Waals surface area contributed by atoms with Crippen LogP contribution in [0.3, 0.4) is 0 Å². The molecule has 0 aliphatic rings. The zero-order valence-corrected chi connectivity index (χ0v) is 17.3. The number of hydrogen-bond donors (Lipinski definition) is 1. The van der Waals surface area contributed by atoms with Crippen LogP contribution in [0.1, 0.15) is 34.6 Å². The second-order valence-corrected chi connectivity index (χ2v) is 7.67. The van der Waals surface area contributed by atoms with Crippen molar-refractivity contribution in [1.82, 2.24) is 9.13 Å². The molecular weight excluding hydrogens is 465 g/mol. The standard InChI is InChI=1S/C18H20IN3O5/c1-10(2)8-22-15(20)14(16(24)21(3)18(22)26)13(23)9-27-17(25)11-5-4-6-12(19)7-11/h4-7,10H,8-9,20H2,1-3H3. The summed E-state index contributed by atoms with van der Waals surface area (Å²) in [6.45, 7) is 3.36. The van der Waals surface area contributed by atoms with Crippen molar-refractivity contribution in [3.63, 3.8) is 0 Å². The summed E-state index contributed by atoms with van der Waals surface area (Å²) in [4.78, 5) is 49.2. The van der Waals surface area contributed by atoms with Gasteiger partial charge >= 0.3 is 11.7 Å². The number of nitrogens with zero attached hydrogens (tertiary/aromatic N) is 2. The molecule has 2 rings (SSSR count). The smallest absolute Gasteiger partial charge is 0.338 e. The largest absolute Gasteiger partial charge is 0.454 e. The highest BCUT2D eigenvalue weighted by molar-refractivity contribution is 14.1. The van der Waals surface area contributed by atoms with Gasteiger partial charge in [-0.3, -0.25) is 18.7 Å². The van der Waals surface area contributed by atoms with Gasteiger partial charge < -0.3 is 10.5 Å². The lowest BCUT2D eigenvalue weighted by Gasteiger charge is -2.16. The fourth-order valence-electron chi connectivity index (χ4n) is 2.49. The van der Waals surface area contributed by atoms with Crippen LogP contribution in [0.15, 0.2) is 33.9 Å². The van der Waals surface area contributed by atoms with Crippen LogP contribution in [-0.2, 0) is 18.3 Å². The van der Waals surface area contributed by atoms with Crippen molar-refractivity contribution in [2.24, 2.45) is 13.0 Å². The summed E-state index contributed by atoms with van der Waals surface area (Å²) in [6.07, 6.45) is 0. The number of halogens is 1. The summed E-state index contributed by atoms with van der Waals surface area (Å²) in [5, 5.41) is 0. The van der Waals surface area contributed by atoms with Gasteiger partial charge in [0.25, 0.3) is 5.56 Å². The van der Waals surface area contributed by atoms with E-state index in [2.05, 4.69) is 22.6 Å². The van der Waals surface area contributed by atoms with Gasteiger partial charge in [-0.2, -0.15) is 0 Å².